The van der Waals surface area contributed by atoms with Crippen molar-refractivity contribution in [3.63, 3.8) is 0 Å². The summed E-state index contributed by atoms with van der Waals surface area (Å²) in [6.07, 6.45) is 1.70. The summed E-state index contributed by atoms with van der Waals surface area (Å²) in [7, 11) is 1.57. The molecule has 4 rings (SSSR count). The third-order valence-electron chi connectivity index (χ3n) is 5.21. The molecule has 6 nitrogen and oxygen atoms in total. The molecular weight excluding hydrogens is 420 g/mol. The van der Waals surface area contributed by atoms with E-state index in [0.717, 1.165) is 16.9 Å². The summed E-state index contributed by atoms with van der Waals surface area (Å²) in [4.78, 5) is 25.3. The Bertz CT molecular complexity index is 1210. The molecule has 0 unspecified atom stereocenters. The minimum atomic E-state index is -0.183. The number of hydrogen-bond donors (Lipinski definition) is 0. The van der Waals surface area contributed by atoms with Gasteiger partial charge in [0.15, 0.2) is 18.1 Å². The van der Waals surface area contributed by atoms with Crippen LogP contribution >= 0.6 is 0 Å². The second kappa shape index (κ2) is 9.61. The van der Waals surface area contributed by atoms with Gasteiger partial charge in [-0.05, 0) is 73.5 Å². The number of aryl methyl sites for hydroxylation is 1. The summed E-state index contributed by atoms with van der Waals surface area (Å²) in [6, 6.07) is 17.6. The quantitative estimate of drug-likeness (QED) is 0.348. The van der Waals surface area contributed by atoms with Gasteiger partial charge in [0.05, 0.1) is 19.3 Å². The average molecular weight is 444 g/mol. The van der Waals surface area contributed by atoms with Crippen LogP contribution in [0.5, 0.6) is 23.0 Å². The van der Waals surface area contributed by atoms with Crippen LogP contribution in [0, 0.1) is 6.92 Å². The number of fused-ring (bicyclic) bond motifs is 1. The normalized spacial score (nSPS) is 13.4. The van der Waals surface area contributed by atoms with Gasteiger partial charge in [-0.2, -0.15) is 0 Å². The molecule has 0 saturated carbocycles. The van der Waals surface area contributed by atoms with E-state index in [0.29, 0.717) is 35.0 Å². The topological polar surface area (TPSA) is 71.1 Å². The van der Waals surface area contributed by atoms with Crippen molar-refractivity contribution >= 4 is 17.6 Å². The number of benzene rings is 3. The molecule has 3 aromatic carbocycles. The molecule has 1 aliphatic rings. The van der Waals surface area contributed by atoms with Crippen molar-refractivity contribution in [2.45, 2.75) is 13.8 Å². The number of Topliss-reactive ketones (excluding diaryl/α,β-unsaturated/α-hetero) is 2. The molecule has 0 amide bonds. The minimum Gasteiger partial charge on any atom is -0.497 e. The lowest BCUT2D eigenvalue weighted by Gasteiger charge is -2.09. The van der Waals surface area contributed by atoms with Crippen LogP contribution in [0.15, 0.2) is 66.4 Å². The largest absolute Gasteiger partial charge is 0.497 e. The lowest BCUT2D eigenvalue weighted by molar-refractivity contribution is 0.0920. The number of hydrogen-bond acceptors (Lipinski definition) is 6. The molecule has 0 atom stereocenters. The average Bonchev–Trinajstić information content (AvgIpc) is 3.14. The predicted octanol–water partition coefficient (Wildman–Crippen LogP) is 5.28. The zero-order valence-electron chi connectivity index (χ0n) is 18.7. The number of methoxy groups -OCH3 is 1. The Morgan fingerprint density at radius 3 is 2.30 bits per heavy atom. The standard InChI is InChI=1S/C27H24O6/c1-4-31-21-9-5-18(6-10-21)14-25-27(29)26-17(2)13-22(15-24(26)33-25)32-16-23(28)19-7-11-20(30-3)12-8-19/h5-15H,4,16H2,1-3H3/b25-14-. The number of carbonyl (C=O) groups is 2. The van der Waals surface area contributed by atoms with Gasteiger partial charge in [-0.25, -0.2) is 0 Å². The van der Waals surface area contributed by atoms with Crippen LogP contribution in [-0.2, 0) is 0 Å². The number of ketones is 2. The summed E-state index contributed by atoms with van der Waals surface area (Å²) >= 11 is 0. The third-order valence-corrected chi connectivity index (χ3v) is 5.21. The van der Waals surface area contributed by atoms with E-state index in [-0.39, 0.29) is 23.9 Å². The van der Waals surface area contributed by atoms with Gasteiger partial charge in [-0.1, -0.05) is 12.1 Å². The second-order valence-corrected chi connectivity index (χ2v) is 7.50. The number of carbonyl (C=O) groups excluding carboxylic acids is 2. The van der Waals surface area contributed by atoms with Gasteiger partial charge in [0.1, 0.15) is 23.0 Å². The summed E-state index contributed by atoms with van der Waals surface area (Å²) in [5.41, 5.74) is 2.58. The Morgan fingerprint density at radius 2 is 1.64 bits per heavy atom. The van der Waals surface area contributed by atoms with E-state index in [1.807, 2.05) is 38.1 Å². The van der Waals surface area contributed by atoms with Gasteiger partial charge < -0.3 is 18.9 Å². The van der Waals surface area contributed by atoms with Crippen LogP contribution < -0.4 is 18.9 Å². The van der Waals surface area contributed by atoms with Crippen LogP contribution in [0.4, 0.5) is 0 Å². The van der Waals surface area contributed by atoms with Crippen molar-refractivity contribution in [2.24, 2.45) is 0 Å². The summed E-state index contributed by atoms with van der Waals surface area (Å²) in [5.74, 6) is 2.22. The Morgan fingerprint density at radius 1 is 0.939 bits per heavy atom. The Hall–Kier alpha value is -4.06. The van der Waals surface area contributed by atoms with Crippen molar-refractivity contribution in [3.8, 4) is 23.0 Å². The Kier molecular flexibility index (Phi) is 6.45. The fraction of sp³-hybridized carbons (Fsp3) is 0.185. The first kappa shape index (κ1) is 22.1. The highest BCUT2D eigenvalue weighted by Crippen LogP contribution is 2.37. The fourth-order valence-electron chi connectivity index (χ4n) is 3.55. The fourth-order valence-corrected chi connectivity index (χ4v) is 3.55. The molecule has 33 heavy (non-hydrogen) atoms. The van der Waals surface area contributed by atoms with E-state index in [1.165, 1.54) is 0 Å². The number of ether oxygens (including phenoxy) is 4. The van der Waals surface area contributed by atoms with Crippen LogP contribution in [0.2, 0.25) is 0 Å². The van der Waals surface area contributed by atoms with Crippen LogP contribution in [-0.4, -0.2) is 31.9 Å². The number of rotatable bonds is 8. The molecule has 0 N–H and O–H groups in total. The van der Waals surface area contributed by atoms with Crippen molar-refractivity contribution in [1.82, 2.24) is 0 Å². The molecule has 0 aliphatic carbocycles. The van der Waals surface area contributed by atoms with Crippen molar-refractivity contribution in [3.05, 3.63) is 88.7 Å². The van der Waals surface area contributed by atoms with Gasteiger partial charge >= 0.3 is 0 Å². The molecule has 3 aromatic rings. The van der Waals surface area contributed by atoms with Gasteiger partial charge in [-0.15, -0.1) is 0 Å². The smallest absolute Gasteiger partial charge is 0.232 e. The molecule has 0 aromatic heterocycles. The first-order valence-corrected chi connectivity index (χ1v) is 10.6. The SMILES string of the molecule is CCOc1ccc(/C=C2\Oc3cc(OCC(=O)c4ccc(OC)cc4)cc(C)c3C2=O)cc1. The third kappa shape index (κ3) is 4.90. The highest BCUT2D eigenvalue weighted by atomic mass is 16.5. The summed E-state index contributed by atoms with van der Waals surface area (Å²) in [6.45, 7) is 4.20. The van der Waals surface area contributed by atoms with Gasteiger partial charge in [0.25, 0.3) is 0 Å². The van der Waals surface area contributed by atoms with E-state index in [2.05, 4.69) is 0 Å². The second-order valence-electron chi connectivity index (χ2n) is 7.50. The van der Waals surface area contributed by atoms with E-state index in [1.54, 1.807) is 49.6 Å². The monoisotopic (exact) mass is 444 g/mol. The van der Waals surface area contributed by atoms with Gasteiger partial charge in [0.2, 0.25) is 5.78 Å². The maximum Gasteiger partial charge on any atom is 0.232 e. The first-order valence-electron chi connectivity index (χ1n) is 10.6. The molecule has 0 fully saturated rings. The molecule has 168 valence electrons. The van der Waals surface area contributed by atoms with Crippen molar-refractivity contribution < 1.29 is 28.5 Å². The summed E-state index contributed by atoms with van der Waals surface area (Å²) < 4.78 is 22.1. The van der Waals surface area contributed by atoms with Crippen LogP contribution in [0.25, 0.3) is 6.08 Å². The van der Waals surface area contributed by atoms with Crippen molar-refractivity contribution in [1.29, 1.82) is 0 Å². The van der Waals surface area contributed by atoms with Crippen molar-refractivity contribution in [2.75, 3.05) is 20.3 Å². The van der Waals surface area contributed by atoms with Gasteiger partial charge in [-0.3, -0.25) is 9.59 Å². The maximum absolute atomic E-state index is 12.9. The highest BCUT2D eigenvalue weighted by Gasteiger charge is 2.30. The van der Waals surface area contributed by atoms with E-state index < -0.39 is 0 Å². The van der Waals surface area contributed by atoms with Gasteiger partial charge in [0, 0.05) is 11.6 Å². The molecular formula is C27H24O6. The summed E-state index contributed by atoms with van der Waals surface area (Å²) in [5, 5.41) is 0. The van der Waals surface area contributed by atoms with Crippen LogP contribution in [0.1, 0.15) is 38.8 Å². The van der Waals surface area contributed by atoms with E-state index in [4.69, 9.17) is 18.9 Å². The molecule has 6 heteroatoms. The molecule has 0 radical (unpaired) electrons. The van der Waals surface area contributed by atoms with Crippen LogP contribution in [0.3, 0.4) is 0 Å². The van der Waals surface area contributed by atoms with E-state index >= 15 is 0 Å². The Labute approximate surface area is 192 Å². The lowest BCUT2D eigenvalue weighted by Crippen LogP contribution is -2.11. The molecule has 1 heterocycles. The maximum atomic E-state index is 12.9. The molecule has 1 aliphatic heterocycles. The number of allylic oxidation sites excluding steroid dienone is 1. The molecule has 0 saturated heterocycles. The highest BCUT2D eigenvalue weighted by molar-refractivity contribution is 6.15. The Balaban J connectivity index is 1.47. The predicted molar refractivity (Wildman–Crippen MR) is 125 cm³/mol. The lowest BCUT2D eigenvalue weighted by atomic mass is 10.0. The zero-order chi connectivity index (χ0) is 23.4. The zero-order valence-corrected chi connectivity index (χ0v) is 18.7. The molecule has 0 bridgehead atoms. The first-order chi connectivity index (χ1) is 16.0. The van der Waals surface area contributed by atoms with E-state index in [9.17, 15) is 9.59 Å². The molecule has 0 spiro atoms. The minimum absolute atomic E-state index is 0.132.